The summed E-state index contributed by atoms with van der Waals surface area (Å²) < 4.78 is 0. The third-order valence-electron chi connectivity index (χ3n) is 3.38. The summed E-state index contributed by atoms with van der Waals surface area (Å²) >= 11 is 0. The van der Waals surface area contributed by atoms with Crippen LogP contribution < -0.4 is 10.6 Å². The van der Waals surface area contributed by atoms with E-state index >= 15 is 0 Å². The lowest BCUT2D eigenvalue weighted by molar-refractivity contribution is 0.894. The zero-order valence-corrected chi connectivity index (χ0v) is 13.0. The quantitative estimate of drug-likeness (QED) is 0.818. The molecule has 0 saturated heterocycles. The highest BCUT2D eigenvalue weighted by molar-refractivity contribution is 5.57. The van der Waals surface area contributed by atoms with Crippen molar-refractivity contribution in [3.63, 3.8) is 0 Å². The molecule has 0 bridgehead atoms. The van der Waals surface area contributed by atoms with E-state index in [4.69, 9.17) is 0 Å². The molecule has 2 heterocycles. The van der Waals surface area contributed by atoms with Gasteiger partial charge in [-0.2, -0.15) is 0 Å². The van der Waals surface area contributed by atoms with E-state index in [2.05, 4.69) is 46.4 Å². The van der Waals surface area contributed by atoms with Crippen LogP contribution in [0.25, 0.3) is 0 Å². The minimum Gasteiger partial charge on any atom is -0.370 e. The Bertz CT molecular complexity index is 583. The van der Waals surface area contributed by atoms with Crippen LogP contribution in [0.3, 0.4) is 0 Å². The third-order valence-corrected chi connectivity index (χ3v) is 3.38. The Labute approximate surface area is 126 Å². The fourth-order valence-corrected chi connectivity index (χ4v) is 2.23. The van der Waals surface area contributed by atoms with Gasteiger partial charge in [0, 0.05) is 31.0 Å². The van der Waals surface area contributed by atoms with Gasteiger partial charge < -0.3 is 10.6 Å². The molecule has 2 rings (SSSR count). The first-order chi connectivity index (χ1) is 10.3. The van der Waals surface area contributed by atoms with Crippen LogP contribution in [0.4, 0.5) is 11.6 Å². The summed E-state index contributed by atoms with van der Waals surface area (Å²) in [5.74, 6) is 1.84. The van der Waals surface area contributed by atoms with Crippen LogP contribution in [0.1, 0.15) is 37.0 Å². The molecule has 5 nitrogen and oxygen atoms in total. The lowest BCUT2D eigenvalue weighted by Gasteiger charge is -2.15. The molecule has 2 aromatic rings. The van der Waals surface area contributed by atoms with Crippen molar-refractivity contribution in [1.29, 1.82) is 0 Å². The van der Waals surface area contributed by atoms with Gasteiger partial charge in [0.25, 0.3) is 0 Å². The molecule has 2 N–H and O–H groups in total. The predicted octanol–water partition coefficient (Wildman–Crippen LogP) is 3.18. The summed E-state index contributed by atoms with van der Waals surface area (Å²) in [5.41, 5.74) is 3.57. The van der Waals surface area contributed by atoms with Crippen molar-refractivity contribution in [3.8, 4) is 0 Å². The average molecular weight is 285 g/mol. The molecule has 21 heavy (non-hydrogen) atoms. The summed E-state index contributed by atoms with van der Waals surface area (Å²) in [6.45, 7) is 7.91. The van der Waals surface area contributed by atoms with E-state index in [1.165, 1.54) is 11.1 Å². The number of nitrogens with zero attached hydrogens (tertiary/aromatic N) is 3. The highest BCUT2D eigenvalue weighted by Gasteiger charge is 2.10. The van der Waals surface area contributed by atoms with Gasteiger partial charge >= 0.3 is 0 Å². The van der Waals surface area contributed by atoms with Crippen molar-refractivity contribution in [2.75, 3.05) is 17.2 Å². The van der Waals surface area contributed by atoms with Gasteiger partial charge in [-0.1, -0.05) is 13.3 Å². The Balaban J connectivity index is 2.19. The normalized spacial score (nSPS) is 10.4. The lowest BCUT2D eigenvalue weighted by atomic mass is 10.1. The average Bonchev–Trinajstić information content (AvgIpc) is 2.49. The smallest absolute Gasteiger partial charge is 0.134 e. The zero-order valence-electron chi connectivity index (χ0n) is 13.0. The van der Waals surface area contributed by atoms with Crippen LogP contribution in [0.15, 0.2) is 24.8 Å². The largest absolute Gasteiger partial charge is 0.370 e. The number of aryl methyl sites for hydroxylation is 1. The number of nitrogens with one attached hydrogen (secondary N) is 2. The first kappa shape index (κ1) is 15.2. The molecule has 0 fully saturated rings. The maximum atomic E-state index is 4.40. The Hall–Kier alpha value is -2.17. The molecule has 0 amide bonds. The standard InChI is InChI=1S/C16H23N5/c1-4-6-14-15(18-5-2)20-11-21-16(14)19-10-13-9-17-8-7-12(13)3/h7-9,11H,4-6,10H2,1-3H3,(H2,18,19,20,21). The summed E-state index contributed by atoms with van der Waals surface area (Å²) in [4.78, 5) is 12.9. The fourth-order valence-electron chi connectivity index (χ4n) is 2.23. The topological polar surface area (TPSA) is 62.7 Å². The molecule has 0 aliphatic rings. The van der Waals surface area contributed by atoms with Crippen LogP contribution >= 0.6 is 0 Å². The minimum absolute atomic E-state index is 0.721. The second kappa shape index (κ2) is 7.57. The van der Waals surface area contributed by atoms with Gasteiger partial charge in [-0.05, 0) is 37.5 Å². The van der Waals surface area contributed by atoms with Crippen LogP contribution in [0.2, 0.25) is 0 Å². The number of rotatable bonds is 7. The molecule has 0 spiro atoms. The summed E-state index contributed by atoms with van der Waals surface area (Å²) in [6, 6.07) is 2.02. The van der Waals surface area contributed by atoms with E-state index in [9.17, 15) is 0 Å². The second-order valence-electron chi connectivity index (χ2n) is 4.99. The van der Waals surface area contributed by atoms with Gasteiger partial charge in [-0.3, -0.25) is 4.98 Å². The summed E-state index contributed by atoms with van der Waals surface area (Å²) in [6.07, 6.45) is 7.34. The monoisotopic (exact) mass is 285 g/mol. The van der Waals surface area contributed by atoms with E-state index in [0.29, 0.717) is 0 Å². The molecule has 0 aliphatic heterocycles. The van der Waals surface area contributed by atoms with Crippen LogP contribution in [0.5, 0.6) is 0 Å². The molecular weight excluding hydrogens is 262 g/mol. The number of hydrogen-bond donors (Lipinski definition) is 2. The predicted molar refractivity (Wildman–Crippen MR) is 86.5 cm³/mol. The molecule has 0 aromatic carbocycles. The molecule has 5 heteroatoms. The number of hydrogen-bond acceptors (Lipinski definition) is 5. The third kappa shape index (κ3) is 3.90. The summed E-state index contributed by atoms with van der Waals surface area (Å²) in [5, 5.41) is 6.73. The molecule has 0 unspecified atom stereocenters. The fraction of sp³-hybridized carbons (Fsp3) is 0.438. The highest BCUT2D eigenvalue weighted by atomic mass is 15.1. The Morgan fingerprint density at radius 3 is 2.52 bits per heavy atom. The molecule has 0 saturated carbocycles. The second-order valence-corrected chi connectivity index (χ2v) is 4.99. The molecular formula is C16H23N5. The Morgan fingerprint density at radius 2 is 1.86 bits per heavy atom. The minimum atomic E-state index is 0.721. The first-order valence-corrected chi connectivity index (χ1v) is 7.47. The van der Waals surface area contributed by atoms with Crippen molar-refractivity contribution in [3.05, 3.63) is 41.5 Å². The zero-order chi connectivity index (χ0) is 15.1. The SMILES string of the molecule is CCCc1c(NCC)ncnc1NCc1cnccc1C. The van der Waals surface area contributed by atoms with E-state index in [1.807, 2.05) is 18.5 Å². The van der Waals surface area contributed by atoms with Crippen LogP contribution in [-0.2, 0) is 13.0 Å². The number of pyridine rings is 1. The highest BCUT2D eigenvalue weighted by Crippen LogP contribution is 2.22. The Morgan fingerprint density at radius 1 is 1.10 bits per heavy atom. The van der Waals surface area contributed by atoms with Crippen molar-refractivity contribution in [1.82, 2.24) is 15.0 Å². The van der Waals surface area contributed by atoms with Gasteiger partial charge in [0.15, 0.2) is 0 Å². The van der Waals surface area contributed by atoms with Gasteiger partial charge in [-0.15, -0.1) is 0 Å². The number of aromatic nitrogens is 3. The van der Waals surface area contributed by atoms with Crippen molar-refractivity contribution >= 4 is 11.6 Å². The summed E-state index contributed by atoms with van der Waals surface area (Å²) in [7, 11) is 0. The van der Waals surface area contributed by atoms with E-state index in [1.54, 1.807) is 6.33 Å². The van der Waals surface area contributed by atoms with Gasteiger partial charge in [-0.25, -0.2) is 9.97 Å². The van der Waals surface area contributed by atoms with Gasteiger partial charge in [0.1, 0.15) is 18.0 Å². The van der Waals surface area contributed by atoms with Crippen molar-refractivity contribution < 1.29 is 0 Å². The van der Waals surface area contributed by atoms with E-state index in [0.717, 1.165) is 43.1 Å². The Kier molecular flexibility index (Phi) is 5.49. The molecule has 0 aliphatic carbocycles. The molecule has 0 radical (unpaired) electrons. The maximum absolute atomic E-state index is 4.40. The molecule has 112 valence electrons. The maximum Gasteiger partial charge on any atom is 0.134 e. The van der Waals surface area contributed by atoms with Gasteiger partial charge in [0.05, 0.1) is 0 Å². The van der Waals surface area contributed by atoms with E-state index in [-0.39, 0.29) is 0 Å². The molecule has 0 atom stereocenters. The van der Waals surface area contributed by atoms with Gasteiger partial charge in [0.2, 0.25) is 0 Å². The van der Waals surface area contributed by atoms with Crippen molar-refractivity contribution in [2.45, 2.75) is 40.2 Å². The van der Waals surface area contributed by atoms with Crippen LogP contribution in [0, 0.1) is 6.92 Å². The number of anilines is 2. The van der Waals surface area contributed by atoms with Crippen molar-refractivity contribution in [2.24, 2.45) is 0 Å². The molecule has 2 aromatic heterocycles. The first-order valence-electron chi connectivity index (χ1n) is 7.47. The van der Waals surface area contributed by atoms with E-state index < -0.39 is 0 Å². The van der Waals surface area contributed by atoms with Crippen LogP contribution in [-0.4, -0.2) is 21.5 Å². The lowest BCUT2D eigenvalue weighted by Crippen LogP contribution is -2.10.